The summed E-state index contributed by atoms with van der Waals surface area (Å²) in [7, 11) is 0. The lowest BCUT2D eigenvalue weighted by Crippen LogP contribution is -2.23. The Bertz CT molecular complexity index is 1630. The third-order valence-corrected chi connectivity index (χ3v) is 6.02. The lowest BCUT2D eigenvalue weighted by Gasteiger charge is -2.10. The van der Waals surface area contributed by atoms with Crippen molar-refractivity contribution in [1.29, 1.82) is 0 Å². The van der Waals surface area contributed by atoms with Crippen LogP contribution in [-0.4, -0.2) is 42.4 Å². The molecule has 0 bridgehead atoms. The summed E-state index contributed by atoms with van der Waals surface area (Å²) in [4.78, 5) is 15.5. The molecule has 13 heteroatoms. The Labute approximate surface area is 225 Å². The Hall–Kier alpha value is -4.81. The third-order valence-electron chi connectivity index (χ3n) is 6.02. The number of H-pyrrole nitrogens is 1. The number of alkyl halides is 3. The smallest absolute Gasteiger partial charge is 0.406 e. The minimum atomic E-state index is -4.79. The van der Waals surface area contributed by atoms with Crippen LogP contribution in [0.15, 0.2) is 66.9 Å². The molecule has 0 saturated heterocycles. The van der Waals surface area contributed by atoms with Gasteiger partial charge in [-0.1, -0.05) is 29.5 Å². The van der Waals surface area contributed by atoms with Gasteiger partial charge in [-0.05, 0) is 61.2 Å². The summed E-state index contributed by atoms with van der Waals surface area (Å²) in [5, 5.41) is 19.8. The first-order valence-electron chi connectivity index (χ1n) is 12.4. The van der Waals surface area contributed by atoms with Gasteiger partial charge in [-0.15, -0.1) is 23.4 Å². The number of aryl methyl sites for hydroxylation is 2. The van der Waals surface area contributed by atoms with Crippen LogP contribution in [0.5, 0.6) is 5.75 Å². The van der Waals surface area contributed by atoms with E-state index in [1.165, 1.54) is 30.5 Å². The lowest BCUT2D eigenvalue weighted by atomic mass is 10.1. The number of amides is 1. The van der Waals surface area contributed by atoms with E-state index in [0.717, 1.165) is 23.9 Å². The Morgan fingerprint density at radius 3 is 2.67 bits per heavy atom. The molecule has 40 heavy (non-hydrogen) atoms. The van der Waals surface area contributed by atoms with Crippen LogP contribution in [0, 0.1) is 5.82 Å². The highest BCUT2D eigenvalue weighted by molar-refractivity contribution is 5.91. The highest BCUT2D eigenvalue weighted by atomic mass is 19.4. The predicted octanol–water partition coefficient (Wildman–Crippen LogP) is 5.21. The zero-order valence-corrected chi connectivity index (χ0v) is 21.0. The molecule has 0 aliphatic heterocycles. The second-order valence-corrected chi connectivity index (χ2v) is 9.00. The van der Waals surface area contributed by atoms with Gasteiger partial charge in [0.15, 0.2) is 11.3 Å². The maximum absolute atomic E-state index is 14.1. The first-order chi connectivity index (χ1) is 19.2. The molecular weight excluding hydrogens is 530 g/mol. The SMILES string of the molecule is O=C(NCc1cccc(OC(F)(F)F)c1)c1cn(CCCCc2cc3cc(-c4ccccc4F)[nH]c3nn2)nn1. The number of fused-ring (bicyclic) bond motifs is 1. The number of nitrogens with one attached hydrogen (secondary N) is 2. The van der Waals surface area contributed by atoms with Crippen molar-refractivity contribution in [3.05, 3.63) is 89.6 Å². The number of aromatic nitrogens is 6. The molecule has 9 nitrogen and oxygen atoms in total. The Balaban J connectivity index is 1.09. The number of carbonyl (C=O) groups is 1. The molecule has 5 rings (SSSR count). The Morgan fingerprint density at radius 1 is 1.00 bits per heavy atom. The molecule has 0 radical (unpaired) electrons. The number of benzene rings is 2. The highest BCUT2D eigenvalue weighted by Crippen LogP contribution is 2.26. The largest absolute Gasteiger partial charge is 0.573 e. The minimum Gasteiger partial charge on any atom is -0.406 e. The van der Waals surface area contributed by atoms with Crippen LogP contribution in [0.4, 0.5) is 17.6 Å². The average molecular weight is 554 g/mol. The molecule has 3 aromatic heterocycles. The maximum Gasteiger partial charge on any atom is 0.573 e. The van der Waals surface area contributed by atoms with Gasteiger partial charge in [-0.2, -0.15) is 5.10 Å². The van der Waals surface area contributed by atoms with E-state index in [0.29, 0.717) is 35.4 Å². The van der Waals surface area contributed by atoms with Crippen LogP contribution in [-0.2, 0) is 19.5 Å². The fraction of sp³-hybridized carbons (Fsp3) is 0.222. The van der Waals surface area contributed by atoms with Gasteiger partial charge >= 0.3 is 6.36 Å². The van der Waals surface area contributed by atoms with Crippen molar-refractivity contribution in [2.24, 2.45) is 0 Å². The number of nitrogens with zero attached hydrogens (tertiary/aromatic N) is 5. The molecule has 2 aromatic carbocycles. The number of ether oxygens (including phenoxy) is 1. The molecule has 0 aliphatic rings. The molecule has 1 amide bonds. The lowest BCUT2D eigenvalue weighted by molar-refractivity contribution is -0.274. The van der Waals surface area contributed by atoms with Crippen molar-refractivity contribution in [3.8, 4) is 17.0 Å². The molecule has 0 unspecified atom stereocenters. The van der Waals surface area contributed by atoms with E-state index in [9.17, 15) is 22.4 Å². The van der Waals surface area contributed by atoms with Crippen LogP contribution >= 0.6 is 0 Å². The van der Waals surface area contributed by atoms with Gasteiger partial charge in [0.1, 0.15) is 11.6 Å². The monoisotopic (exact) mass is 553 g/mol. The van der Waals surface area contributed by atoms with Crippen LogP contribution < -0.4 is 10.1 Å². The predicted molar refractivity (Wildman–Crippen MR) is 137 cm³/mol. The van der Waals surface area contributed by atoms with Crippen LogP contribution in [0.2, 0.25) is 0 Å². The van der Waals surface area contributed by atoms with E-state index in [1.807, 2.05) is 12.1 Å². The first kappa shape index (κ1) is 26.8. The van der Waals surface area contributed by atoms with Gasteiger partial charge < -0.3 is 15.0 Å². The van der Waals surface area contributed by atoms with Crippen LogP contribution in [0.25, 0.3) is 22.3 Å². The van der Waals surface area contributed by atoms with Gasteiger partial charge in [0.2, 0.25) is 0 Å². The second kappa shape index (κ2) is 11.5. The number of hydrogen-bond acceptors (Lipinski definition) is 6. The maximum atomic E-state index is 14.1. The molecular formula is C27H23F4N7O2. The standard InChI is InChI=1S/C27H23F4N7O2/c28-22-10-2-1-9-21(22)23-14-18-13-19(34-36-25(18)33-23)7-3-4-11-38-16-24(35-37-38)26(39)32-15-17-6-5-8-20(12-17)40-27(29,30)31/h1-2,5-6,8-10,12-14,16H,3-4,7,11,15H2,(H,32,39)(H,33,36). The van der Waals surface area contributed by atoms with Crippen molar-refractivity contribution in [3.63, 3.8) is 0 Å². The molecule has 3 heterocycles. The summed E-state index contributed by atoms with van der Waals surface area (Å²) in [6.45, 7) is 0.517. The number of aromatic amines is 1. The molecule has 206 valence electrons. The number of rotatable bonds is 10. The van der Waals surface area contributed by atoms with Gasteiger partial charge in [-0.3, -0.25) is 9.48 Å². The fourth-order valence-corrected chi connectivity index (χ4v) is 4.14. The van der Waals surface area contributed by atoms with Gasteiger partial charge in [0.05, 0.1) is 17.6 Å². The zero-order chi connectivity index (χ0) is 28.1. The van der Waals surface area contributed by atoms with E-state index in [-0.39, 0.29) is 23.8 Å². The van der Waals surface area contributed by atoms with E-state index in [2.05, 4.69) is 35.5 Å². The summed E-state index contributed by atoms with van der Waals surface area (Å²) in [6, 6.07) is 15.6. The summed E-state index contributed by atoms with van der Waals surface area (Å²) in [5.74, 6) is -1.18. The zero-order valence-electron chi connectivity index (χ0n) is 21.0. The summed E-state index contributed by atoms with van der Waals surface area (Å²) in [6.07, 6.45) is -1.10. The quantitative estimate of drug-likeness (QED) is 0.182. The van der Waals surface area contributed by atoms with Crippen molar-refractivity contribution >= 4 is 16.9 Å². The molecule has 0 spiro atoms. The topological polar surface area (TPSA) is 111 Å². The second-order valence-electron chi connectivity index (χ2n) is 9.00. The van der Waals surface area contributed by atoms with E-state index < -0.39 is 12.3 Å². The minimum absolute atomic E-state index is 0.00491. The molecule has 0 aliphatic carbocycles. The van der Waals surface area contributed by atoms with Crippen molar-refractivity contribution in [2.45, 2.75) is 38.7 Å². The highest BCUT2D eigenvalue weighted by Gasteiger charge is 2.31. The summed E-state index contributed by atoms with van der Waals surface area (Å²) < 4.78 is 56.8. The van der Waals surface area contributed by atoms with E-state index in [1.54, 1.807) is 28.9 Å². The van der Waals surface area contributed by atoms with Gasteiger partial charge in [-0.25, -0.2) is 4.39 Å². The Morgan fingerprint density at radius 2 is 1.85 bits per heavy atom. The van der Waals surface area contributed by atoms with Crippen LogP contribution in [0.3, 0.4) is 0 Å². The molecule has 0 fully saturated rings. The third kappa shape index (κ3) is 6.79. The first-order valence-corrected chi connectivity index (χ1v) is 12.4. The van der Waals surface area contributed by atoms with Crippen molar-refractivity contribution in [1.82, 2.24) is 35.5 Å². The van der Waals surface area contributed by atoms with Gasteiger partial charge in [0.25, 0.3) is 5.91 Å². The molecule has 2 N–H and O–H groups in total. The molecule has 0 saturated carbocycles. The molecule has 0 atom stereocenters. The number of halogens is 4. The fourth-order valence-electron chi connectivity index (χ4n) is 4.14. The van der Waals surface area contributed by atoms with Crippen molar-refractivity contribution in [2.75, 3.05) is 0 Å². The Kier molecular flexibility index (Phi) is 7.71. The normalized spacial score (nSPS) is 11.6. The summed E-state index contributed by atoms with van der Waals surface area (Å²) in [5.41, 5.74) is 3.01. The number of hydrogen-bond donors (Lipinski definition) is 2. The number of carbonyl (C=O) groups excluding carboxylic acids is 1. The number of unbranched alkanes of at least 4 members (excludes halogenated alkanes) is 1. The molecule has 5 aromatic rings. The van der Waals surface area contributed by atoms with Crippen LogP contribution in [0.1, 0.15) is 34.6 Å². The van der Waals surface area contributed by atoms with Gasteiger partial charge in [0, 0.05) is 24.0 Å². The average Bonchev–Trinajstić information content (AvgIpc) is 3.56. The van der Waals surface area contributed by atoms with E-state index >= 15 is 0 Å². The van der Waals surface area contributed by atoms with Crippen molar-refractivity contribution < 1.29 is 27.1 Å². The van der Waals surface area contributed by atoms with E-state index in [4.69, 9.17) is 0 Å². The summed E-state index contributed by atoms with van der Waals surface area (Å²) >= 11 is 0.